The molecule has 0 amide bonds. The highest BCUT2D eigenvalue weighted by atomic mass is 19.1. The number of rotatable bonds is 5. The Bertz CT molecular complexity index is 661. The number of nitrogens with one attached hydrogen (secondary N) is 1. The minimum atomic E-state index is -0.929. The van der Waals surface area contributed by atoms with Gasteiger partial charge in [-0.25, -0.2) is 8.78 Å². The van der Waals surface area contributed by atoms with Crippen molar-refractivity contribution in [2.24, 2.45) is 0 Å². The smallest absolute Gasteiger partial charge is 0.329 e. The monoisotopic (exact) mass is 296 g/mol. The van der Waals surface area contributed by atoms with Crippen LogP contribution in [0.25, 0.3) is 0 Å². The maximum Gasteiger partial charge on any atom is 0.329 e. The first-order valence-electron chi connectivity index (χ1n) is 5.90. The van der Waals surface area contributed by atoms with Gasteiger partial charge in [0, 0.05) is 6.54 Å². The molecule has 21 heavy (non-hydrogen) atoms. The summed E-state index contributed by atoms with van der Waals surface area (Å²) in [4.78, 5) is 17.4. The van der Waals surface area contributed by atoms with Gasteiger partial charge in [-0.2, -0.15) is 9.97 Å². The SMILES string of the molecule is CCNc1nc(Oc2c(F)cccc2F)ncc1[N+](=O)[O-]. The summed E-state index contributed by atoms with van der Waals surface area (Å²) >= 11 is 0. The van der Waals surface area contributed by atoms with Crippen LogP contribution in [0.3, 0.4) is 0 Å². The first kappa shape index (κ1) is 14.6. The number of nitro groups is 1. The van der Waals surface area contributed by atoms with E-state index in [0.29, 0.717) is 6.54 Å². The first-order valence-corrected chi connectivity index (χ1v) is 5.90. The molecule has 1 aromatic heterocycles. The molecule has 0 atom stereocenters. The zero-order valence-electron chi connectivity index (χ0n) is 10.8. The zero-order valence-corrected chi connectivity index (χ0v) is 10.8. The van der Waals surface area contributed by atoms with E-state index < -0.39 is 28.3 Å². The Kier molecular flexibility index (Phi) is 4.21. The molecule has 0 aliphatic heterocycles. The van der Waals surface area contributed by atoms with Crippen LogP contribution in [0.5, 0.6) is 11.8 Å². The minimum Gasteiger partial charge on any atom is -0.418 e. The lowest BCUT2D eigenvalue weighted by Gasteiger charge is -2.08. The minimum absolute atomic E-state index is 0.0933. The van der Waals surface area contributed by atoms with Crippen LogP contribution in [-0.2, 0) is 0 Å². The van der Waals surface area contributed by atoms with E-state index in [4.69, 9.17) is 4.74 Å². The van der Waals surface area contributed by atoms with Crippen LogP contribution in [0.4, 0.5) is 20.3 Å². The van der Waals surface area contributed by atoms with E-state index in [1.54, 1.807) is 6.92 Å². The standard InChI is InChI=1S/C12H10F2N4O3/c1-2-15-11-9(18(19)20)6-16-12(17-11)21-10-7(13)4-3-5-8(10)14/h3-6H,2H2,1H3,(H,15,16,17). The Hall–Kier alpha value is -2.84. The topological polar surface area (TPSA) is 90.2 Å². The van der Waals surface area contributed by atoms with Gasteiger partial charge >= 0.3 is 11.7 Å². The fourth-order valence-electron chi connectivity index (χ4n) is 1.51. The molecule has 0 saturated heterocycles. The molecule has 0 radical (unpaired) electrons. The van der Waals surface area contributed by atoms with Gasteiger partial charge in [0.1, 0.15) is 6.20 Å². The number of nitrogens with zero attached hydrogens (tertiary/aromatic N) is 3. The van der Waals surface area contributed by atoms with Crippen LogP contribution in [0.1, 0.15) is 6.92 Å². The Morgan fingerprint density at radius 3 is 2.62 bits per heavy atom. The van der Waals surface area contributed by atoms with E-state index in [1.807, 2.05) is 0 Å². The predicted molar refractivity (Wildman–Crippen MR) is 69.3 cm³/mol. The summed E-state index contributed by atoms with van der Waals surface area (Å²) in [6.45, 7) is 2.08. The third-order valence-electron chi connectivity index (χ3n) is 2.40. The molecule has 1 N–H and O–H groups in total. The molecule has 1 aromatic carbocycles. The van der Waals surface area contributed by atoms with Crippen molar-refractivity contribution in [3.8, 4) is 11.8 Å². The predicted octanol–water partition coefficient (Wildman–Crippen LogP) is 2.89. The number of halogens is 2. The quantitative estimate of drug-likeness (QED) is 0.674. The maximum atomic E-state index is 13.4. The summed E-state index contributed by atoms with van der Waals surface area (Å²) in [5.41, 5.74) is -0.363. The Labute approximate surface area is 117 Å². The van der Waals surface area contributed by atoms with Crippen LogP contribution in [0, 0.1) is 21.7 Å². The molecule has 0 unspecified atom stereocenters. The van der Waals surface area contributed by atoms with Crippen molar-refractivity contribution < 1.29 is 18.4 Å². The highest BCUT2D eigenvalue weighted by Gasteiger charge is 2.19. The molecule has 110 valence electrons. The van der Waals surface area contributed by atoms with Crippen molar-refractivity contribution in [3.63, 3.8) is 0 Å². The van der Waals surface area contributed by atoms with E-state index in [2.05, 4.69) is 15.3 Å². The third-order valence-corrected chi connectivity index (χ3v) is 2.40. The number of benzene rings is 1. The number of para-hydroxylation sites is 1. The molecule has 9 heteroatoms. The van der Waals surface area contributed by atoms with Gasteiger partial charge in [-0.05, 0) is 19.1 Å². The Morgan fingerprint density at radius 2 is 2.05 bits per heavy atom. The summed E-state index contributed by atoms with van der Waals surface area (Å²) in [5, 5.41) is 13.5. The Balaban J connectivity index is 2.37. The molecule has 0 aliphatic carbocycles. The fourth-order valence-corrected chi connectivity index (χ4v) is 1.51. The van der Waals surface area contributed by atoms with Gasteiger partial charge in [0.25, 0.3) is 0 Å². The first-order chi connectivity index (χ1) is 10.0. The van der Waals surface area contributed by atoms with Crippen LogP contribution in [-0.4, -0.2) is 21.4 Å². The van der Waals surface area contributed by atoms with E-state index in [1.165, 1.54) is 6.07 Å². The summed E-state index contributed by atoms with van der Waals surface area (Å²) in [6.07, 6.45) is 0.902. The van der Waals surface area contributed by atoms with Gasteiger partial charge in [-0.1, -0.05) is 6.07 Å². The van der Waals surface area contributed by atoms with Gasteiger partial charge in [-0.15, -0.1) is 0 Å². The summed E-state index contributed by atoms with van der Waals surface area (Å²) in [6, 6.07) is 2.79. The molecule has 7 nitrogen and oxygen atoms in total. The van der Waals surface area contributed by atoms with Crippen molar-refractivity contribution in [3.05, 3.63) is 46.1 Å². The van der Waals surface area contributed by atoms with Gasteiger partial charge < -0.3 is 10.1 Å². The van der Waals surface area contributed by atoms with E-state index >= 15 is 0 Å². The van der Waals surface area contributed by atoms with Crippen molar-refractivity contribution in [1.29, 1.82) is 0 Å². The van der Waals surface area contributed by atoms with E-state index in [9.17, 15) is 18.9 Å². The Morgan fingerprint density at radius 1 is 1.38 bits per heavy atom. The molecule has 0 spiro atoms. The van der Waals surface area contributed by atoms with Crippen molar-refractivity contribution in [2.45, 2.75) is 6.92 Å². The molecule has 0 saturated carbocycles. The maximum absolute atomic E-state index is 13.4. The number of hydrogen-bond acceptors (Lipinski definition) is 6. The molecule has 2 rings (SSSR count). The van der Waals surface area contributed by atoms with Crippen molar-refractivity contribution in [1.82, 2.24) is 9.97 Å². The second-order valence-electron chi connectivity index (χ2n) is 3.83. The molecular weight excluding hydrogens is 286 g/mol. The lowest BCUT2D eigenvalue weighted by molar-refractivity contribution is -0.384. The molecule has 1 heterocycles. The number of aromatic nitrogens is 2. The van der Waals surface area contributed by atoms with Crippen molar-refractivity contribution in [2.75, 3.05) is 11.9 Å². The van der Waals surface area contributed by atoms with Gasteiger partial charge in [0.05, 0.1) is 4.92 Å². The summed E-state index contributed by atoms with van der Waals surface area (Å²) in [5.74, 6) is -2.62. The molecule has 0 fully saturated rings. The lowest BCUT2D eigenvalue weighted by atomic mass is 10.3. The number of anilines is 1. The zero-order chi connectivity index (χ0) is 15.4. The highest BCUT2D eigenvalue weighted by molar-refractivity contribution is 5.54. The third kappa shape index (κ3) is 3.19. The number of hydrogen-bond donors (Lipinski definition) is 1. The normalized spacial score (nSPS) is 10.2. The van der Waals surface area contributed by atoms with Crippen LogP contribution in [0.2, 0.25) is 0 Å². The highest BCUT2D eigenvalue weighted by Crippen LogP contribution is 2.28. The molecular formula is C12H10F2N4O3. The lowest BCUT2D eigenvalue weighted by Crippen LogP contribution is -2.06. The fraction of sp³-hybridized carbons (Fsp3) is 0.167. The molecule has 0 bridgehead atoms. The van der Waals surface area contributed by atoms with E-state index in [0.717, 1.165) is 18.3 Å². The van der Waals surface area contributed by atoms with Crippen LogP contribution in [0.15, 0.2) is 24.4 Å². The second kappa shape index (κ2) is 6.07. The van der Waals surface area contributed by atoms with E-state index in [-0.39, 0.29) is 11.5 Å². The largest absolute Gasteiger partial charge is 0.418 e. The van der Waals surface area contributed by atoms with Crippen molar-refractivity contribution >= 4 is 11.5 Å². The van der Waals surface area contributed by atoms with Gasteiger partial charge in [0.15, 0.2) is 11.6 Å². The summed E-state index contributed by atoms with van der Waals surface area (Å²) in [7, 11) is 0. The second-order valence-corrected chi connectivity index (χ2v) is 3.83. The van der Waals surface area contributed by atoms with Gasteiger partial charge in [-0.3, -0.25) is 10.1 Å². The molecule has 2 aromatic rings. The average molecular weight is 296 g/mol. The molecule has 0 aliphatic rings. The number of ether oxygens (including phenoxy) is 1. The van der Waals surface area contributed by atoms with Gasteiger partial charge in [0.2, 0.25) is 11.6 Å². The average Bonchev–Trinajstić information content (AvgIpc) is 2.43. The summed E-state index contributed by atoms with van der Waals surface area (Å²) < 4.78 is 31.8. The van der Waals surface area contributed by atoms with Crippen LogP contribution >= 0.6 is 0 Å². The van der Waals surface area contributed by atoms with Crippen LogP contribution < -0.4 is 10.1 Å².